The Bertz CT molecular complexity index is 249. The molecule has 1 aliphatic heterocycles. The van der Waals surface area contributed by atoms with Gasteiger partial charge in [0.2, 0.25) is 0 Å². The molecule has 0 bridgehead atoms. The molecule has 0 aromatic heterocycles. The molecule has 0 radical (unpaired) electrons. The number of nitrogens with one attached hydrogen (secondary N) is 1. The summed E-state index contributed by atoms with van der Waals surface area (Å²) in [7, 11) is 0. The minimum absolute atomic E-state index is 0.593. The van der Waals surface area contributed by atoms with E-state index in [1.54, 1.807) is 0 Å². The Morgan fingerprint density at radius 1 is 1.00 bits per heavy atom. The fourth-order valence-corrected chi connectivity index (χ4v) is 3.15. The Balaban J connectivity index is 1.49. The molecule has 0 amide bonds. The average molecular weight is 252 g/mol. The smallest absolute Gasteiger partial charge is 0.0623 e. The molecule has 0 spiro atoms. The van der Waals surface area contributed by atoms with Gasteiger partial charge in [0.15, 0.2) is 0 Å². The van der Waals surface area contributed by atoms with Gasteiger partial charge in [-0.1, -0.05) is 6.92 Å². The molecule has 18 heavy (non-hydrogen) atoms. The molecule has 2 aliphatic carbocycles. The normalized spacial score (nSPS) is 32.3. The number of nitrogens with zero attached hydrogens (tertiary/aromatic N) is 1. The van der Waals surface area contributed by atoms with E-state index in [0.29, 0.717) is 12.0 Å². The number of likely N-dealkylation sites (N-methyl/N-ethyl adjacent to an activating group) is 1. The first-order valence-corrected chi connectivity index (χ1v) is 7.88. The van der Waals surface area contributed by atoms with Crippen molar-refractivity contribution in [1.29, 1.82) is 0 Å². The van der Waals surface area contributed by atoms with Gasteiger partial charge in [0.05, 0.1) is 13.2 Å². The van der Waals surface area contributed by atoms with Crippen LogP contribution in [0.15, 0.2) is 0 Å². The van der Waals surface area contributed by atoms with E-state index in [1.165, 1.54) is 45.3 Å². The predicted octanol–water partition coefficient (Wildman–Crippen LogP) is 1.73. The van der Waals surface area contributed by atoms with E-state index in [-0.39, 0.29) is 0 Å². The highest BCUT2D eigenvalue weighted by Crippen LogP contribution is 2.34. The van der Waals surface area contributed by atoms with Gasteiger partial charge in [0.1, 0.15) is 0 Å². The van der Waals surface area contributed by atoms with Crippen LogP contribution in [0.3, 0.4) is 0 Å². The third kappa shape index (κ3) is 3.69. The Morgan fingerprint density at radius 2 is 1.67 bits per heavy atom. The first-order chi connectivity index (χ1) is 8.85. The zero-order valence-corrected chi connectivity index (χ0v) is 11.7. The molecule has 1 heterocycles. The van der Waals surface area contributed by atoms with Crippen LogP contribution in [0.4, 0.5) is 0 Å². The van der Waals surface area contributed by atoms with Gasteiger partial charge in [-0.25, -0.2) is 0 Å². The summed E-state index contributed by atoms with van der Waals surface area (Å²) in [5, 5.41) is 3.59. The van der Waals surface area contributed by atoms with Crippen LogP contribution < -0.4 is 5.32 Å². The van der Waals surface area contributed by atoms with E-state index in [9.17, 15) is 0 Å². The van der Waals surface area contributed by atoms with Crippen molar-refractivity contribution < 1.29 is 4.74 Å². The SMILES string of the molecule is CCNC1COCC1CN(CC1CC1)CC1CC1. The Morgan fingerprint density at radius 3 is 2.22 bits per heavy atom. The van der Waals surface area contributed by atoms with E-state index in [0.717, 1.165) is 31.6 Å². The summed E-state index contributed by atoms with van der Waals surface area (Å²) in [5.41, 5.74) is 0. The van der Waals surface area contributed by atoms with Crippen molar-refractivity contribution in [1.82, 2.24) is 10.2 Å². The van der Waals surface area contributed by atoms with Crippen molar-refractivity contribution in [3.63, 3.8) is 0 Å². The molecule has 104 valence electrons. The molecule has 2 saturated carbocycles. The van der Waals surface area contributed by atoms with Crippen LogP contribution in [-0.4, -0.2) is 50.3 Å². The number of ether oxygens (including phenoxy) is 1. The molecule has 3 rings (SSSR count). The summed E-state index contributed by atoms with van der Waals surface area (Å²) in [4.78, 5) is 2.75. The molecule has 0 aromatic carbocycles. The second-order valence-electron chi connectivity index (χ2n) is 6.57. The van der Waals surface area contributed by atoms with Gasteiger partial charge in [-0.15, -0.1) is 0 Å². The lowest BCUT2D eigenvalue weighted by Crippen LogP contribution is -2.42. The van der Waals surface area contributed by atoms with Crippen LogP contribution in [0.5, 0.6) is 0 Å². The van der Waals surface area contributed by atoms with Gasteiger partial charge in [-0.2, -0.15) is 0 Å². The van der Waals surface area contributed by atoms with Crippen molar-refractivity contribution in [2.24, 2.45) is 17.8 Å². The molecule has 1 saturated heterocycles. The van der Waals surface area contributed by atoms with Crippen LogP contribution in [0.2, 0.25) is 0 Å². The van der Waals surface area contributed by atoms with Crippen LogP contribution in [-0.2, 0) is 4.74 Å². The molecular weight excluding hydrogens is 224 g/mol. The van der Waals surface area contributed by atoms with Crippen molar-refractivity contribution in [2.45, 2.75) is 38.6 Å². The third-order valence-electron chi connectivity index (χ3n) is 4.58. The molecule has 1 N–H and O–H groups in total. The van der Waals surface area contributed by atoms with E-state index < -0.39 is 0 Å². The largest absolute Gasteiger partial charge is 0.379 e. The second kappa shape index (κ2) is 5.89. The first kappa shape index (κ1) is 12.9. The monoisotopic (exact) mass is 252 g/mol. The van der Waals surface area contributed by atoms with Gasteiger partial charge in [-0.3, -0.25) is 0 Å². The van der Waals surface area contributed by atoms with Gasteiger partial charge in [-0.05, 0) is 44.1 Å². The summed E-state index contributed by atoms with van der Waals surface area (Å²) < 4.78 is 5.68. The highest BCUT2D eigenvalue weighted by atomic mass is 16.5. The molecule has 3 nitrogen and oxygen atoms in total. The summed E-state index contributed by atoms with van der Waals surface area (Å²) >= 11 is 0. The molecule has 0 aromatic rings. The summed E-state index contributed by atoms with van der Waals surface area (Å²) in [5.74, 6) is 2.75. The molecule has 3 aliphatic rings. The lowest BCUT2D eigenvalue weighted by atomic mass is 10.0. The highest BCUT2D eigenvalue weighted by molar-refractivity contribution is 4.87. The maximum atomic E-state index is 5.68. The van der Waals surface area contributed by atoms with Crippen molar-refractivity contribution in [2.75, 3.05) is 39.4 Å². The van der Waals surface area contributed by atoms with Crippen LogP contribution in [0.1, 0.15) is 32.6 Å². The average Bonchev–Trinajstić information content (AvgIpc) is 3.25. The topological polar surface area (TPSA) is 24.5 Å². The van der Waals surface area contributed by atoms with E-state index in [1.807, 2.05) is 0 Å². The number of hydrogen-bond acceptors (Lipinski definition) is 3. The van der Waals surface area contributed by atoms with Crippen molar-refractivity contribution >= 4 is 0 Å². The fraction of sp³-hybridized carbons (Fsp3) is 1.00. The van der Waals surface area contributed by atoms with Gasteiger partial charge in [0, 0.05) is 31.6 Å². The van der Waals surface area contributed by atoms with Crippen molar-refractivity contribution in [3.05, 3.63) is 0 Å². The van der Waals surface area contributed by atoms with E-state index in [2.05, 4.69) is 17.1 Å². The zero-order valence-electron chi connectivity index (χ0n) is 11.7. The van der Waals surface area contributed by atoms with Gasteiger partial charge < -0.3 is 15.0 Å². The minimum Gasteiger partial charge on any atom is -0.379 e. The predicted molar refractivity (Wildman–Crippen MR) is 73.7 cm³/mol. The molecule has 3 heteroatoms. The summed E-state index contributed by atoms with van der Waals surface area (Å²) in [6, 6.07) is 0.593. The maximum absolute atomic E-state index is 5.68. The Hall–Kier alpha value is -0.120. The van der Waals surface area contributed by atoms with Crippen LogP contribution in [0.25, 0.3) is 0 Å². The summed E-state index contributed by atoms with van der Waals surface area (Å²) in [6.45, 7) is 9.10. The Labute approximate surface area is 111 Å². The lowest BCUT2D eigenvalue weighted by molar-refractivity contribution is 0.162. The zero-order chi connectivity index (χ0) is 12.4. The van der Waals surface area contributed by atoms with Crippen LogP contribution in [0, 0.1) is 17.8 Å². The van der Waals surface area contributed by atoms with Gasteiger partial charge in [0.25, 0.3) is 0 Å². The van der Waals surface area contributed by atoms with Crippen LogP contribution >= 0.6 is 0 Å². The van der Waals surface area contributed by atoms with E-state index >= 15 is 0 Å². The minimum atomic E-state index is 0.593. The molecule has 3 fully saturated rings. The first-order valence-electron chi connectivity index (χ1n) is 7.88. The third-order valence-corrected chi connectivity index (χ3v) is 4.58. The number of hydrogen-bond donors (Lipinski definition) is 1. The maximum Gasteiger partial charge on any atom is 0.0623 e. The molecule has 2 atom stereocenters. The molecular formula is C15H28N2O. The van der Waals surface area contributed by atoms with E-state index in [4.69, 9.17) is 4.74 Å². The molecule has 2 unspecified atom stereocenters. The van der Waals surface area contributed by atoms with Gasteiger partial charge >= 0.3 is 0 Å². The summed E-state index contributed by atoms with van der Waals surface area (Å²) in [6.07, 6.45) is 5.88. The standard InChI is InChI=1S/C15H28N2O/c1-2-16-15-11-18-10-14(15)9-17(7-12-3-4-12)8-13-5-6-13/h12-16H,2-11H2,1H3. The highest BCUT2D eigenvalue weighted by Gasteiger charge is 2.33. The second-order valence-corrected chi connectivity index (χ2v) is 6.57. The van der Waals surface area contributed by atoms with Crippen molar-refractivity contribution in [3.8, 4) is 0 Å². The Kier molecular flexibility index (Phi) is 4.22. The quantitative estimate of drug-likeness (QED) is 0.712. The number of rotatable bonds is 8. The fourth-order valence-electron chi connectivity index (χ4n) is 3.15. The lowest BCUT2D eigenvalue weighted by Gasteiger charge is -2.28.